The van der Waals surface area contributed by atoms with Crippen molar-refractivity contribution in [2.45, 2.75) is 13.8 Å². The summed E-state index contributed by atoms with van der Waals surface area (Å²) >= 11 is 6.69. The van der Waals surface area contributed by atoms with Crippen LogP contribution in [-0.2, 0) is 4.79 Å². The van der Waals surface area contributed by atoms with Gasteiger partial charge in [-0.15, -0.1) is 6.58 Å². The van der Waals surface area contributed by atoms with Crippen LogP contribution >= 0.6 is 24.0 Å². The normalized spacial score (nSPS) is 15.8. The summed E-state index contributed by atoms with van der Waals surface area (Å²) in [5.74, 6) is -0.0511. The van der Waals surface area contributed by atoms with Crippen molar-refractivity contribution < 1.29 is 4.79 Å². The van der Waals surface area contributed by atoms with E-state index in [0.29, 0.717) is 15.8 Å². The number of aryl methyl sites for hydroxylation is 1. The minimum absolute atomic E-state index is 0.0511. The lowest BCUT2D eigenvalue weighted by Crippen LogP contribution is -2.27. The standard InChI is InChI=1S/C23H20N2OS2/c1-4-12-24-22(26)21(28-23(24)27)14-18-13-15(2)25(16(18)3)20-11-7-9-17-8-5-6-10-19(17)20/h4-11,13-14H,1,12H2,2-3H3. The van der Waals surface area contributed by atoms with E-state index in [1.165, 1.54) is 22.5 Å². The Kier molecular flexibility index (Phi) is 4.96. The molecule has 0 atom stereocenters. The van der Waals surface area contributed by atoms with E-state index in [1.54, 1.807) is 11.0 Å². The first-order chi connectivity index (χ1) is 13.5. The highest BCUT2D eigenvalue weighted by Crippen LogP contribution is 2.34. The number of carbonyl (C=O) groups excluding carboxylic acids is 1. The molecular formula is C23H20N2OS2. The highest BCUT2D eigenvalue weighted by Gasteiger charge is 2.31. The number of hydrogen-bond acceptors (Lipinski definition) is 3. The van der Waals surface area contributed by atoms with Crippen molar-refractivity contribution in [3.63, 3.8) is 0 Å². The van der Waals surface area contributed by atoms with Crippen LogP contribution in [0.3, 0.4) is 0 Å². The van der Waals surface area contributed by atoms with Gasteiger partial charge in [0, 0.05) is 23.3 Å². The molecule has 140 valence electrons. The second kappa shape index (κ2) is 7.41. The van der Waals surface area contributed by atoms with Crippen molar-refractivity contribution in [1.29, 1.82) is 0 Å². The van der Waals surface area contributed by atoms with E-state index < -0.39 is 0 Å². The number of thioether (sulfide) groups is 1. The predicted octanol–water partition coefficient (Wildman–Crippen LogP) is 5.63. The molecule has 0 unspecified atom stereocenters. The number of rotatable bonds is 4. The van der Waals surface area contributed by atoms with E-state index >= 15 is 0 Å². The van der Waals surface area contributed by atoms with Crippen molar-refractivity contribution in [3.8, 4) is 5.69 Å². The monoisotopic (exact) mass is 404 g/mol. The van der Waals surface area contributed by atoms with Crippen molar-refractivity contribution in [2.75, 3.05) is 6.54 Å². The summed E-state index contributed by atoms with van der Waals surface area (Å²) in [4.78, 5) is 14.9. The maximum Gasteiger partial charge on any atom is 0.266 e. The molecule has 1 saturated heterocycles. The molecule has 2 aromatic carbocycles. The fourth-order valence-electron chi connectivity index (χ4n) is 3.64. The topological polar surface area (TPSA) is 25.2 Å². The summed E-state index contributed by atoms with van der Waals surface area (Å²) in [5, 5.41) is 2.41. The van der Waals surface area contributed by atoms with E-state index in [0.717, 1.165) is 22.6 Å². The Labute approximate surface area is 174 Å². The minimum atomic E-state index is -0.0511. The fraction of sp³-hybridized carbons (Fsp3) is 0.130. The molecule has 4 rings (SSSR count). The van der Waals surface area contributed by atoms with Crippen LogP contribution in [0.15, 0.2) is 66.1 Å². The van der Waals surface area contributed by atoms with Gasteiger partial charge in [0.15, 0.2) is 0 Å². The van der Waals surface area contributed by atoms with Gasteiger partial charge >= 0.3 is 0 Å². The van der Waals surface area contributed by atoms with Gasteiger partial charge in [-0.05, 0) is 43.0 Å². The summed E-state index contributed by atoms with van der Waals surface area (Å²) < 4.78 is 2.83. The number of fused-ring (bicyclic) bond motifs is 1. The van der Waals surface area contributed by atoms with Crippen molar-refractivity contribution in [3.05, 3.63) is 83.0 Å². The Bertz CT molecular complexity index is 1150. The van der Waals surface area contributed by atoms with Gasteiger partial charge in [-0.2, -0.15) is 0 Å². The Morgan fingerprint density at radius 1 is 1.14 bits per heavy atom. The third-order valence-electron chi connectivity index (χ3n) is 4.95. The van der Waals surface area contributed by atoms with Gasteiger partial charge in [0.05, 0.1) is 10.6 Å². The van der Waals surface area contributed by atoms with Crippen molar-refractivity contribution >= 4 is 51.1 Å². The zero-order valence-corrected chi connectivity index (χ0v) is 17.4. The van der Waals surface area contributed by atoms with Crippen molar-refractivity contribution in [2.24, 2.45) is 0 Å². The van der Waals surface area contributed by atoms with Crippen LogP contribution in [0.25, 0.3) is 22.5 Å². The van der Waals surface area contributed by atoms with Crippen LogP contribution in [0.2, 0.25) is 0 Å². The lowest BCUT2D eigenvalue weighted by molar-refractivity contribution is -0.121. The highest BCUT2D eigenvalue weighted by molar-refractivity contribution is 8.26. The average Bonchev–Trinajstić information content (AvgIpc) is 3.11. The van der Waals surface area contributed by atoms with Gasteiger partial charge in [-0.3, -0.25) is 9.69 Å². The molecule has 0 aliphatic carbocycles. The van der Waals surface area contributed by atoms with Crippen LogP contribution < -0.4 is 0 Å². The van der Waals surface area contributed by atoms with E-state index in [1.807, 2.05) is 6.08 Å². The first-order valence-corrected chi connectivity index (χ1v) is 10.3. The second-order valence-corrected chi connectivity index (χ2v) is 8.42. The predicted molar refractivity (Wildman–Crippen MR) is 123 cm³/mol. The molecular weight excluding hydrogens is 384 g/mol. The largest absolute Gasteiger partial charge is 0.317 e. The van der Waals surface area contributed by atoms with Gasteiger partial charge in [0.2, 0.25) is 0 Å². The zero-order valence-electron chi connectivity index (χ0n) is 15.8. The summed E-state index contributed by atoms with van der Waals surface area (Å²) in [6, 6.07) is 16.8. The quantitative estimate of drug-likeness (QED) is 0.320. The number of hydrogen-bond donors (Lipinski definition) is 0. The van der Waals surface area contributed by atoms with Gasteiger partial charge in [-0.1, -0.05) is 66.5 Å². The first-order valence-electron chi connectivity index (χ1n) is 9.04. The molecule has 1 amide bonds. The zero-order chi connectivity index (χ0) is 19.8. The summed E-state index contributed by atoms with van der Waals surface area (Å²) in [7, 11) is 0. The number of amides is 1. The molecule has 1 aliphatic rings. The number of benzene rings is 2. The fourth-order valence-corrected chi connectivity index (χ4v) is 4.90. The van der Waals surface area contributed by atoms with Crippen LogP contribution in [0.4, 0.5) is 0 Å². The first kappa shape index (κ1) is 18.7. The lowest BCUT2D eigenvalue weighted by Gasteiger charge is -2.13. The molecule has 0 saturated carbocycles. The van der Waals surface area contributed by atoms with Crippen LogP contribution in [0.1, 0.15) is 17.0 Å². The summed E-state index contributed by atoms with van der Waals surface area (Å²) in [6.45, 7) is 8.33. The van der Waals surface area contributed by atoms with Crippen LogP contribution in [0, 0.1) is 13.8 Å². The molecule has 0 spiro atoms. The van der Waals surface area contributed by atoms with Gasteiger partial charge in [0.25, 0.3) is 5.91 Å². The molecule has 0 N–H and O–H groups in total. The SMILES string of the molecule is C=CCN1C(=O)C(=Cc2cc(C)n(-c3cccc4ccccc34)c2C)SC1=S. The molecule has 5 heteroatoms. The third kappa shape index (κ3) is 3.11. The number of nitrogens with zero attached hydrogens (tertiary/aromatic N) is 2. The lowest BCUT2D eigenvalue weighted by atomic mass is 10.1. The molecule has 28 heavy (non-hydrogen) atoms. The van der Waals surface area contributed by atoms with Gasteiger partial charge in [0.1, 0.15) is 4.32 Å². The Morgan fingerprint density at radius 3 is 2.68 bits per heavy atom. The summed E-state index contributed by atoms with van der Waals surface area (Å²) in [6.07, 6.45) is 3.65. The molecule has 3 nitrogen and oxygen atoms in total. The molecule has 1 fully saturated rings. The van der Waals surface area contributed by atoms with Gasteiger partial charge < -0.3 is 4.57 Å². The molecule has 1 aliphatic heterocycles. The maximum absolute atomic E-state index is 12.7. The number of carbonyl (C=O) groups is 1. The van der Waals surface area contributed by atoms with E-state index in [9.17, 15) is 4.79 Å². The smallest absolute Gasteiger partial charge is 0.266 e. The van der Waals surface area contributed by atoms with E-state index in [4.69, 9.17) is 12.2 Å². The maximum atomic E-state index is 12.7. The second-order valence-electron chi connectivity index (χ2n) is 6.74. The van der Waals surface area contributed by atoms with E-state index in [-0.39, 0.29) is 5.91 Å². The highest BCUT2D eigenvalue weighted by atomic mass is 32.2. The minimum Gasteiger partial charge on any atom is -0.317 e. The average molecular weight is 405 g/mol. The molecule has 1 aromatic heterocycles. The molecule has 2 heterocycles. The third-order valence-corrected chi connectivity index (χ3v) is 6.33. The van der Waals surface area contributed by atoms with Gasteiger partial charge in [-0.25, -0.2) is 0 Å². The molecule has 3 aromatic rings. The molecule has 0 radical (unpaired) electrons. The summed E-state index contributed by atoms with van der Waals surface area (Å²) in [5.41, 5.74) is 4.40. The van der Waals surface area contributed by atoms with E-state index in [2.05, 4.69) is 73.5 Å². The van der Waals surface area contributed by atoms with Crippen LogP contribution in [-0.4, -0.2) is 26.2 Å². The number of aromatic nitrogens is 1. The Balaban J connectivity index is 1.80. The van der Waals surface area contributed by atoms with Crippen LogP contribution in [0.5, 0.6) is 0 Å². The Morgan fingerprint density at radius 2 is 1.89 bits per heavy atom. The Hall–Kier alpha value is -2.63. The van der Waals surface area contributed by atoms with Crippen molar-refractivity contribution in [1.82, 2.24) is 9.47 Å². The molecule has 0 bridgehead atoms. The number of thiocarbonyl (C=S) groups is 1.